The predicted octanol–water partition coefficient (Wildman–Crippen LogP) is 6.11. The largest absolute Gasteiger partial charge is 0.465 e. The van der Waals surface area contributed by atoms with E-state index >= 15 is 0 Å². The highest BCUT2D eigenvalue weighted by Crippen LogP contribution is 2.39. The third-order valence-electron chi connectivity index (χ3n) is 6.33. The second-order valence-corrected chi connectivity index (χ2v) is 8.87. The molecule has 0 spiro atoms. The van der Waals surface area contributed by atoms with Gasteiger partial charge in [-0.1, -0.05) is 36.7 Å². The smallest absolute Gasteiger partial charge is 0.412 e. The van der Waals surface area contributed by atoms with Crippen LogP contribution < -0.4 is 9.80 Å². The molecule has 4 rings (SSSR count). The number of carbonyl (C=O) groups is 3. The highest BCUT2D eigenvalue weighted by molar-refractivity contribution is 6.30. The van der Waals surface area contributed by atoms with Crippen LogP contribution in [0.3, 0.4) is 0 Å². The number of carbonyl (C=O) groups excluding carboxylic acids is 2. The van der Waals surface area contributed by atoms with Crippen molar-refractivity contribution in [1.82, 2.24) is 0 Å². The molecule has 0 aliphatic carbocycles. The molecule has 0 saturated carbocycles. The van der Waals surface area contributed by atoms with Crippen molar-refractivity contribution in [2.24, 2.45) is 0 Å². The fourth-order valence-electron chi connectivity index (χ4n) is 4.32. The van der Waals surface area contributed by atoms with E-state index in [4.69, 9.17) is 11.6 Å². The van der Waals surface area contributed by atoms with Crippen molar-refractivity contribution in [1.29, 1.82) is 0 Å². The number of anilines is 2. The first kappa shape index (κ1) is 23.5. The maximum absolute atomic E-state index is 13.9. The Labute approximate surface area is 203 Å². The average Bonchev–Trinajstić information content (AvgIpc) is 2.83. The van der Waals surface area contributed by atoms with Crippen LogP contribution in [0.1, 0.15) is 50.8 Å². The zero-order chi connectivity index (χ0) is 24.6. The van der Waals surface area contributed by atoms with Crippen molar-refractivity contribution in [3.8, 4) is 0 Å². The van der Waals surface area contributed by atoms with Gasteiger partial charge in [0, 0.05) is 22.7 Å². The number of benzene rings is 3. The molecular weight excluding hydrogens is 452 g/mol. The lowest BCUT2D eigenvalue weighted by Crippen LogP contribution is -2.53. The Hall–Kier alpha value is -3.64. The second kappa shape index (κ2) is 9.31. The third-order valence-corrected chi connectivity index (χ3v) is 6.58. The van der Waals surface area contributed by atoms with E-state index in [1.165, 1.54) is 4.90 Å². The molecule has 1 unspecified atom stereocenters. The number of aryl methyl sites for hydroxylation is 2. The first-order valence-corrected chi connectivity index (χ1v) is 11.4. The van der Waals surface area contributed by atoms with Crippen molar-refractivity contribution in [3.05, 3.63) is 93.5 Å². The quantitative estimate of drug-likeness (QED) is 0.461. The van der Waals surface area contributed by atoms with E-state index < -0.39 is 12.1 Å². The Bertz CT molecular complexity index is 1290. The molecule has 0 saturated heterocycles. The van der Waals surface area contributed by atoms with Crippen LogP contribution in [0.2, 0.25) is 5.02 Å². The Morgan fingerprint density at radius 1 is 0.941 bits per heavy atom. The SMILES string of the molecule is CCC1CN(C(=O)c2ccccc2C(=O)c2ccc(Cl)cc2)c2cc(C)c(C)cc2N1C(=O)O. The molecule has 3 aromatic carbocycles. The van der Waals surface area contributed by atoms with Crippen LogP contribution in [0.5, 0.6) is 0 Å². The maximum Gasteiger partial charge on any atom is 0.412 e. The van der Waals surface area contributed by atoms with E-state index in [9.17, 15) is 19.5 Å². The minimum Gasteiger partial charge on any atom is -0.465 e. The van der Waals surface area contributed by atoms with Crippen LogP contribution in [0, 0.1) is 13.8 Å². The molecule has 0 bridgehead atoms. The summed E-state index contributed by atoms with van der Waals surface area (Å²) in [5.74, 6) is -0.622. The summed E-state index contributed by atoms with van der Waals surface area (Å²) in [5.41, 5.74) is 3.87. The lowest BCUT2D eigenvalue weighted by atomic mass is 9.95. The number of halogens is 1. The van der Waals surface area contributed by atoms with Crippen LogP contribution in [0.25, 0.3) is 0 Å². The molecule has 6 nitrogen and oxygen atoms in total. The van der Waals surface area contributed by atoms with E-state index in [0.717, 1.165) is 11.1 Å². The molecule has 1 atom stereocenters. The molecule has 7 heteroatoms. The summed E-state index contributed by atoms with van der Waals surface area (Å²) < 4.78 is 0. The number of amides is 2. The van der Waals surface area contributed by atoms with Gasteiger partial charge in [0.2, 0.25) is 0 Å². The third kappa shape index (κ3) is 4.17. The number of hydrogen-bond acceptors (Lipinski definition) is 3. The van der Waals surface area contributed by atoms with Gasteiger partial charge < -0.3 is 10.0 Å². The molecule has 1 aliphatic rings. The van der Waals surface area contributed by atoms with Crippen molar-refractivity contribution >= 4 is 40.8 Å². The zero-order valence-corrected chi connectivity index (χ0v) is 20.0. The number of carboxylic acid groups (broad SMARTS) is 1. The summed E-state index contributed by atoms with van der Waals surface area (Å²) in [4.78, 5) is 42.2. The van der Waals surface area contributed by atoms with Gasteiger partial charge in [-0.05, 0) is 73.9 Å². The van der Waals surface area contributed by atoms with Crippen molar-refractivity contribution in [3.63, 3.8) is 0 Å². The highest BCUT2D eigenvalue weighted by atomic mass is 35.5. The molecule has 1 N–H and O–H groups in total. The van der Waals surface area contributed by atoms with Crippen LogP contribution in [0.15, 0.2) is 60.7 Å². The summed E-state index contributed by atoms with van der Waals surface area (Å²) in [7, 11) is 0. The van der Waals surface area contributed by atoms with Gasteiger partial charge in [-0.3, -0.25) is 14.5 Å². The standard InChI is InChI=1S/C27H25ClN2O4/c1-4-20-15-29(23-13-16(2)17(3)14-24(23)30(20)27(33)34)26(32)22-8-6-5-7-21(22)25(31)18-9-11-19(28)12-10-18/h5-14,20H,4,15H2,1-3H3,(H,33,34). The predicted molar refractivity (Wildman–Crippen MR) is 134 cm³/mol. The topological polar surface area (TPSA) is 77.9 Å². The van der Waals surface area contributed by atoms with Crippen LogP contribution in [0.4, 0.5) is 16.2 Å². The van der Waals surface area contributed by atoms with E-state index in [-0.39, 0.29) is 29.4 Å². The summed E-state index contributed by atoms with van der Waals surface area (Å²) in [6.07, 6.45) is -0.518. The maximum atomic E-state index is 13.9. The summed E-state index contributed by atoms with van der Waals surface area (Å²) in [6.45, 7) is 5.93. The molecule has 174 valence electrons. The Kier molecular flexibility index (Phi) is 6.44. The van der Waals surface area contributed by atoms with Gasteiger partial charge in [0.05, 0.1) is 23.0 Å². The number of ketones is 1. The van der Waals surface area contributed by atoms with Gasteiger partial charge >= 0.3 is 6.09 Å². The Balaban J connectivity index is 1.82. The fourth-order valence-corrected chi connectivity index (χ4v) is 4.44. The van der Waals surface area contributed by atoms with Crippen molar-refractivity contribution < 1.29 is 19.5 Å². The molecule has 34 heavy (non-hydrogen) atoms. The molecular formula is C27H25ClN2O4. The van der Waals surface area contributed by atoms with Crippen LogP contribution >= 0.6 is 11.6 Å². The minimum atomic E-state index is -1.05. The number of hydrogen-bond donors (Lipinski definition) is 1. The van der Waals surface area contributed by atoms with Gasteiger partial charge in [0.1, 0.15) is 0 Å². The van der Waals surface area contributed by atoms with Crippen LogP contribution in [-0.2, 0) is 0 Å². The van der Waals surface area contributed by atoms with Crippen molar-refractivity contribution in [2.75, 3.05) is 16.3 Å². The molecule has 2 amide bonds. The summed E-state index contributed by atoms with van der Waals surface area (Å²) in [6, 6.07) is 16.5. The van der Waals surface area contributed by atoms with E-state index in [0.29, 0.717) is 28.4 Å². The highest BCUT2D eigenvalue weighted by Gasteiger charge is 2.37. The van der Waals surface area contributed by atoms with Gasteiger partial charge in [-0.2, -0.15) is 0 Å². The molecule has 0 radical (unpaired) electrons. The van der Waals surface area contributed by atoms with Crippen LogP contribution in [-0.4, -0.2) is 35.5 Å². The zero-order valence-electron chi connectivity index (χ0n) is 19.2. The summed E-state index contributed by atoms with van der Waals surface area (Å²) >= 11 is 5.96. The Morgan fingerprint density at radius 3 is 2.12 bits per heavy atom. The number of nitrogens with zero attached hydrogens (tertiary/aromatic N) is 2. The Morgan fingerprint density at radius 2 is 1.53 bits per heavy atom. The van der Waals surface area contributed by atoms with Gasteiger partial charge in [0.15, 0.2) is 5.78 Å². The fraction of sp³-hybridized carbons (Fsp3) is 0.222. The molecule has 0 fully saturated rings. The molecule has 0 aromatic heterocycles. The first-order valence-electron chi connectivity index (χ1n) is 11.1. The minimum absolute atomic E-state index is 0.195. The molecule has 1 aliphatic heterocycles. The van der Waals surface area contributed by atoms with E-state index in [1.54, 1.807) is 53.4 Å². The number of rotatable bonds is 4. The van der Waals surface area contributed by atoms with Gasteiger partial charge in [-0.25, -0.2) is 4.79 Å². The lowest BCUT2D eigenvalue weighted by Gasteiger charge is -2.41. The normalized spacial score (nSPS) is 15.1. The summed E-state index contributed by atoms with van der Waals surface area (Å²) in [5, 5.41) is 10.4. The van der Waals surface area contributed by atoms with Gasteiger partial charge in [-0.15, -0.1) is 0 Å². The average molecular weight is 477 g/mol. The second-order valence-electron chi connectivity index (χ2n) is 8.44. The first-order chi connectivity index (χ1) is 16.2. The van der Waals surface area contributed by atoms with Gasteiger partial charge in [0.25, 0.3) is 5.91 Å². The monoisotopic (exact) mass is 476 g/mol. The number of fused-ring (bicyclic) bond motifs is 1. The van der Waals surface area contributed by atoms with Crippen molar-refractivity contribution in [2.45, 2.75) is 33.2 Å². The molecule has 1 heterocycles. The van der Waals surface area contributed by atoms with E-state index in [1.807, 2.05) is 32.9 Å². The van der Waals surface area contributed by atoms with E-state index in [2.05, 4.69) is 0 Å². The lowest BCUT2D eigenvalue weighted by molar-refractivity contribution is 0.0967. The molecule has 3 aromatic rings.